The van der Waals surface area contributed by atoms with Gasteiger partial charge in [0.05, 0.1) is 24.7 Å². The Morgan fingerprint density at radius 3 is 2.77 bits per heavy atom. The third kappa shape index (κ3) is 2.15. The summed E-state index contributed by atoms with van der Waals surface area (Å²) in [6.07, 6.45) is 1.52. The van der Waals surface area contributed by atoms with Gasteiger partial charge in [0.1, 0.15) is 0 Å². The van der Waals surface area contributed by atoms with Gasteiger partial charge in [0.15, 0.2) is 0 Å². The van der Waals surface area contributed by atoms with E-state index in [2.05, 4.69) is 4.98 Å². The van der Waals surface area contributed by atoms with Crippen LogP contribution in [0.2, 0.25) is 5.02 Å². The highest BCUT2D eigenvalue weighted by atomic mass is 35.5. The smallest absolute Gasteiger partial charge is 0.338 e. The molecule has 112 valence electrons. The van der Waals surface area contributed by atoms with Gasteiger partial charge < -0.3 is 14.8 Å². The molecule has 0 saturated carbocycles. The molecule has 0 fully saturated rings. The molecule has 2 aromatic carbocycles. The van der Waals surface area contributed by atoms with Gasteiger partial charge in [-0.3, -0.25) is 4.79 Å². The number of hydrogen-bond acceptors (Lipinski definition) is 4. The zero-order valence-corrected chi connectivity index (χ0v) is 12.4. The third-order valence-corrected chi connectivity index (χ3v) is 3.97. The van der Waals surface area contributed by atoms with E-state index in [1.807, 2.05) is 0 Å². The van der Waals surface area contributed by atoms with Gasteiger partial charge in [-0.1, -0.05) is 11.6 Å². The van der Waals surface area contributed by atoms with Crippen molar-refractivity contribution >= 4 is 39.1 Å². The molecular formula is C16H12ClNO4. The number of pyridine rings is 1. The van der Waals surface area contributed by atoms with Crippen molar-refractivity contribution < 1.29 is 14.6 Å². The summed E-state index contributed by atoms with van der Waals surface area (Å²) in [7, 11) is 1.29. The number of carbonyl (C=O) groups is 1. The van der Waals surface area contributed by atoms with Crippen LogP contribution in [0.1, 0.15) is 15.9 Å². The van der Waals surface area contributed by atoms with Gasteiger partial charge in [0, 0.05) is 11.2 Å². The van der Waals surface area contributed by atoms with Crippen LogP contribution in [0.5, 0.6) is 0 Å². The van der Waals surface area contributed by atoms with E-state index in [1.165, 1.54) is 13.3 Å². The van der Waals surface area contributed by atoms with E-state index < -0.39 is 5.97 Å². The summed E-state index contributed by atoms with van der Waals surface area (Å²) in [4.78, 5) is 26.8. The molecule has 0 aliphatic rings. The maximum atomic E-state index is 12.1. The van der Waals surface area contributed by atoms with Crippen LogP contribution in [0, 0.1) is 0 Å². The summed E-state index contributed by atoms with van der Waals surface area (Å²) in [6.45, 7) is -0.265. The van der Waals surface area contributed by atoms with Crippen LogP contribution in [0.15, 0.2) is 35.3 Å². The van der Waals surface area contributed by atoms with E-state index in [4.69, 9.17) is 16.3 Å². The molecule has 0 aliphatic heterocycles. The lowest BCUT2D eigenvalue weighted by Gasteiger charge is -2.11. The first-order valence-electron chi connectivity index (χ1n) is 6.52. The van der Waals surface area contributed by atoms with E-state index in [0.717, 1.165) is 0 Å². The second kappa shape index (κ2) is 5.44. The minimum Gasteiger partial charge on any atom is -0.465 e. The van der Waals surface area contributed by atoms with Crippen molar-refractivity contribution in [2.24, 2.45) is 0 Å². The minimum absolute atomic E-state index is 0.265. The monoisotopic (exact) mass is 317 g/mol. The minimum atomic E-state index is -0.515. The van der Waals surface area contributed by atoms with Crippen LogP contribution in [0.4, 0.5) is 0 Å². The summed E-state index contributed by atoms with van der Waals surface area (Å²) in [5, 5.41) is 11.8. The van der Waals surface area contributed by atoms with Crippen molar-refractivity contribution in [2.45, 2.75) is 6.61 Å². The molecule has 0 amide bonds. The largest absolute Gasteiger partial charge is 0.465 e. The van der Waals surface area contributed by atoms with Crippen LogP contribution in [0.3, 0.4) is 0 Å². The Kier molecular flexibility index (Phi) is 3.60. The van der Waals surface area contributed by atoms with Crippen molar-refractivity contribution in [1.82, 2.24) is 4.98 Å². The number of aromatic nitrogens is 1. The number of aliphatic hydroxyl groups excluding tert-OH is 1. The normalized spacial score (nSPS) is 11.0. The number of aliphatic hydroxyl groups is 1. The predicted molar refractivity (Wildman–Crippen MR) is 84.3 cm³/mol. The van der Waals surface area contributed by atoms with Gasteiger partial charge in [-0.25, -0.2) is 4.79 Å². The lowest BCUT2D eigenvalue weighted by atomic mass is 9.96. The average molecular weight is 318 g/mol. The number of nitrogens with one attached hydrogen (secondary N) is 1. The molecule has 0 radical (unpaired) electrons. The van der Waals surface area contributed by atoms with E-state index in [9.17, 15) is 14.7 Å². The fraction of sp³-hybridized carbons (Fsp3) is 0.125. The van der Waals surface area contributed by atoms with Gasteiger partial charge in [-0.2, -0.15) is 0 Å². The van der Waals surface area contributed by atoms with Gasteiger partial charge in [-0.05, 0) is 46.0 Å². The summed E-state index contributed by atoms with van der Waals surface area (Å²) >= 11 is 6.13. The number of fused-ring (bicyclic) bond motifs is 3. The van der Waals surface area contributed by atoms with E-state index in [0.29, 0.717) is 37.7 Å². The quantitative estimate of drug-likeness (QED) is 0.562. The van der Waals surface area contributed by atoms with Crippen molar-refractivity contribution in [1.29, 1.82) is 0 Å². The molecule has 2 N–H and O–H groups in total. The second-order valence-electron chi connectivity index (χ2n) is 4.83. The Hall–Kier alpha value is -2.37. The van der Waals surface area contributed by atoms with Crippen LogP contribution in [-0.4, -0.2) is 23.2 Å². The summed E-state index contributed by atoms with van der Waals surface area (Å²) in [6, 6.07) is 6.51. The van der Waals surface area contributed by atoms with Crippen LogP contribution >= 0.6 is 11.6 Å². The first-order valence-corrected chi connectivity index (χ1v) is 6.90. The molecule has 0 aliphatic carbocycles. The third-order valence-electron chi connectivity index (χ3n) is 3.61. The highest BCUT2D eigenvalue weighted by Crippen LogP contribution is 2.31. The molecule has 1 aromatic heterocycles. The molecule has 3 rings (SSSR count). The topological polar surface area (TPSA) is 79.4 Å². The number of halogens is 1. The number of hydrogen-bond donors (Lipinski definition) is 2. The Morgan fingerprint density at radius 2 is 2.09 bits per heavy atom. The summed E-state index contributed by atoms with van der Waals surface area (Å²) < 4.78 is 4.81. The molecule has 6 heteroatoms. The lowest BCUT2D eigenvalue weighted by molar-refractivity contribution is 0.0603. The summed E-state index contributed by atoms with van der Waals surface area (Å²) in [5.41, 5.74) is 0.528. The highest BCUT2D eigenvalue weighted by molar-refractivity contribution is 6.33. The van der Waals surface area contributed by atoms with E-state index >= 15 is 0 Å². The number of benzene rings is 2. The zero-order chi connectivity index (χ0) is 15.9. The van der Waals surface area contributed by atoms with E-state index in [1.54, 1.807) is 24.3 Å². The van der Waals surface area contributed by atoms with Crippen LogP contribution < -0.4 is 5.56 Å². The number of methoxy groups -OCH3 is 1. The average Bonchev–Trinajstić information content (AvgIpc) is 2.52. The molecule has 5 nitrogen and oxygen atoms in total. The fourth-order valence-electron chi connectivity index (χ4n) is 2.57. The highest BCUT2D eigenvalue weighted by Gasteiger charge is 2.17. The van der Waals surface area contributed by atoms with Crippen molar-refractivity contribution in [3.63, 3.8) is 0 Å². The van der Waals surface area contributed by atoms with Crippen molar-refractivity contribution in [3.8, 4) is 0 Å². The zero-order valence-electron chi connectivity index (χ0n) is 11.6. The number of aromatic amines is 1. The number of carbonyl (C=O) groups excluding carboxylic acids is 1. The maximum Gasteiger partial charge on any atom is 0.338 e. The molecule has 0 atom stereocenters. The number of ether oxygens (including phenoxy) is 1. The SMILES string of the molecule is COC(=O)c1cc2cc[nH]c(=O)c2c2cc(Cl)c(CO)cc12. The first-order chi connectivity index (χ1) is 10.6. The molecule has 0 saturated heterocycles. The Bertz CT molecular complexity index is 962. The Labute approximate surface area is 130 Å². The van der Waals surface area contributed by atoms with Crippen LogP contribution in [-0.2, 0) is 11.3 Å². The second-order valence-corrected chi connectivity index (χ2v) is 5.24. The first kappa shape index (κ1) is 14.6. The molecule has 0 bridgehead atoms. The molecule has 1 heterocycles. The molecule has 22 heavy (non-hydrogen) atoms. The van der Waals surface area contributed by atoms with Gasteiger partial charge in [0.25, 0.3) is 5.56 Å². The van der Waals surface area contributed by atoms with Crippen molar-refractivity contribution in [2.75, 3.05) is 7.11 Å². The number of esters is 1. The van der Waals surface area contributed by atoms with Crippen molar-refractivity contribution in [3.05, 3.63) is 57.0 Å². The molecule has 3 aromatic rings. The number of rotatable bonds is 2. The van der Waals surface area contributed by atoms with Crippen LogP contribution in [0.25, 0.3) is 21.5 Å². The van der Waals surface area contributed by atoms with Gasteiger partial charge >= 0.3 is 5.97 Å². The number of H-pyrrole nitrogens is 1. The van der Waals surface area contributed by atoms with Gasteiger partial charge in [0.2, 0.25) is 0 Å². The lowest BCUT2D eigenvalue weighted by Crippen LogP contribution is -2.08. The maximum absolute atomic E-state index is 12.1. The Morgan fingerprint density at radius 1 is 1.32 bits per heavy atom. The van der Waals surface area contributed by atoms with Gasteiger partial charge in [-0.15, -0.1) is 0 Å². The molecular weight excluding hydrogens is 306 g/mol. The fourth-order valence-corrected chi connectivity index (χ4v) is 2.80. The molecule has 0 unspecified atom stereocenters. The summed E-state index contributed by atoms with van der Waals surface area (Å²) in [5.74, 6) is -0.515. The van der Waals surface area contributed by atoms with E-state index in [-0.39, 0.29) is 12.2 Å². The standard InChI is InChI=1S/C16H12ClNO4/c1-22-16(21)12-4-8-2-3-18-15(20)14(8)11-6-13(17)9(7-19)5-10(11)12/h2-6,19H,7H2,1H3,(H,18,20). The molecule has 0 spiro atoms. The predicted octanol–water partition coefficient (Wildman–Crippen LogP) is 2.61. The Balaban J connectivity index is 2.58.